The molecule has 0 spiro atoms. The third kappa shape index (κ3) is 4.70. The van der Waals surface area contributed by atoms with E-state index in [0.29, 0.717) is 17.1 Å². The molecule has 0 saturated heterocycles. The summed E-state index contributed by atoms with van der Waals surface area (Å²) < 4.78 is 23.7. The predicted molar refractivity (Wildman–Crippen MR) is 95.3 cm³/mol. The Bertz CT molecular complexity index is 858. The summed E-state index contributed by atoms with van der Waals surface area (Å²) in [5, 5.41) is 6.10. The third-order valence-electron chi connectivity index (χ3n) is 3.16. The second-order valence-corrected chi connectivity index (χ2v) is 5.28. The van der Waals surface area contributed by atoms with Crippen LogP contribution in [-0.4, -0.2) is 32.2 Å². The Hall–Kier alpha value is -3.13. The molecule has 0 unspecified atom stereocenters. The highest BCUT2D eigenvalue weighted by atomic mass is 35.5. The van der Waals surface area contributed by atoms with Gasteiger partial charge in [-0.3, -0.25) is 9.59 Å². The topological polar surface area (TPSA) is 89.0 Å². The van der Waals surface area contributed by atoms with E-state index in [-0.39, 0.29) is 10.7 Å². The van der Waals surface area contributed by atoms with E-state index in [0.717, 1.165) is 6.07 Å². The Kier molecular flexibility index (Phi) is 6.51. The van der Waals surface area contributed by atoms with Crippen LogP contribution in [0.4, 0.5) is 10.1 Å². The van der Waals surface area contributed by atoms with E-state index in [9.17, 15) is 14.0 Å². The van der Waals surface area contributed by atoms with E-state index >= 15 is 0 Å². The first-order chi connectivity index (χ1) is 12.5. The van der Waals surface area contributed by atoms with E-state index in [1.807, 2.05) is 5.43 Å². The van der Waals surface area contributed by atoms with Gasteiger partial charge in [0.2, 0.25) is 0 Å². The van der Waals surface area contributed by atoms with Crippen molar-refractivity contribution in [2.45, 2.75) is 0 Å². The lowest BCUT2D eigenvalue weighted by Gasteiger charge is -2.09. The van der Waals surface area contributed by atoms with Crippen LogP contribution in [-0.2, 0) is 9.59 Å². The van der Waals surface area contributed by atoms with Crippen molar-refractivity contribution in [3.63, 3.8) is 0 Å². The van der Waals surface area contributed by atoms with Gasteiger partial charge in [0.25, 0.3) is 0 Å². The van der Waals surface area contributed by atoms with Gasteiger partial charge in [-0.25, -0.2) is 9.82 Å². The fourth-order valence-corrected chi connectivity index (χ4v) is 2.27. The first-order valence-electron chi connectivity index (χ1n) is 7.26. The Balaban J connectivity index is 2.01. The van der Waals surface area contributed by atoms with Crippen LogP contribution in [0.5, 0.6) is 11.5 Å². The van der Waals surface area contributed by atoms with E-state index in [1.54, 1.807) is 6.07 Å². The minimum Gasteiger partial charge on any atom is -0.493 e. The van der Waals surface area contributed by atoms with Gasteiger partial charge in [0.1, 0.15) is 5.82 Å². The average Bonchev–Trinajstić information content (AvgIpc) is 2.62. The fourth-order valence-electron chi connectivity index (χ4n) is 1.97. The smallest absolute Gasteiger partial charge is 0.329 e. The number of amides is 2. The van der Waals surface area contributed by atoms with Crippen LogP contribution >= 0.6 is 11.6 Å². The largest absolute Gasteiger partial charge is 0.493 e. The predicted octanol–water partition coefficient (Wildman–Crippen LogP) is 2.59. The Morgan fingerprint density at radius 2 is 1.88 bits per heavy atom. The number of para-hydroxylation sites is 1. The lowest BCUT2D eigenvalue weighted by Crippen LogP contribution is -2.32. The number of halogens is 2. The molecule has 2 rings (SSSR count). The molecule has 0 bridgehead atoms. The van der Waals surface area contributed by atoms with Crippen LogP contribution in [0, 0.1) is 5.82 Å². The highest BCUT2D eigenvalue weighted by molar-refractivity contribution is 6.39. The number of hydrogen-bond donors (Lipinski definition) is 2. The molecule has 0 aliphatic carbocycles. The summed E-state index contributed by atoms with van der Waals surface area (Å²) in [6.07, 6.45) is 1.27. The molecule has 0 heterocycles. The van der Waals surface area contributed by atoms with Crippen LogP contribution in [0.1, 0.15) is 5.56 Å². The van der Waals surface area contributed by atoms with Gasteiger partial charge in [-0.05, 0) is 29.8 Å². The van der Waals surface area contributed by atoms with Crippen molar-refractivity contribution in [1.29, 1.82) is 0 Å². The van der Waals surface area contributed by atoms with Crippen LogP contribution < -0.4 is 20.2 Å². The number of carbonyl (C=O) groups is 2. The van der Waals surface area contributed by atoms with Crippen LogP contribution in [0.2, 0.25) is 5.02 Å². The van der Waals surface area contributed by atoms with Crippen LogP contribution in [0.15, 0.2) is 41.5 Å². The highest BCUT2D eigenvalue weighted by Gasteiger charge is 2.15. The van der Waals surface area contributed by atoms with Gasteiger partial charge >= 0.3 is 11.8 Å². The van der Waals surface area contributed by atoms with Gasteiger partial charge in [0.05, 0.1) is 31.1 Å². The fraction of sp³-hybridized carbons (Fsp3) is 0.118. The van der Waals surface area contributed by atoms with Crippen molar-refractivity contribution < 1.29 is 23.5 Å². The molecule has 0 saturated carbocycles. The highest BCUT2D eigenvalue weighted by Crippen LogP contribution is 2.35. The lowest BCUT2D eigenvalue weighted by atomic mass is 10.2. The lowest BCUT2D eigenvalue weighted by molar-refractivity contribution is -0.136. The number of nitrogens with one attached hydrogen (secondary N) is 2. The molecule has 0 aromatic heterocycles. The summed E-state index contributed by atoms with van der Waals surface area (Å²) in [6.45, 7) is 0. The van der Waals surface area contributed by atoms with E-state index in [4.69, 9.17) is 21.1 Å². The number of hydrogen-bond acceptors (Lipinski definition) is 5. The molecule has 0 aliphatic heterocycles. The van der Waals surface area contributed by atoms with Gasteiger partial charge in [-0.1, -0.05) is 23.7 Å². The number of methoxy groups -OCH3 is 2. The number of anilines is 1. The first kappa shape index (κ1) is 19.2. The van der Waals surface area contributed by atoms with E-state index < -0.39 is 17.6 Å². The SMILES string of the molecule is COc1cc(/C=N\NC(=O)C(=O)Nc2ccccc2F)cc(Cl)c1OC. The summed E-state index contributed by atoms with van der Waals surface area (Å²) in [6, 6.07) is 8.60. The zero-order valence-electron chi connectivity index (χ0n) is 13.9. The van der Waals surface area contributed by atoms with Gasteiger partial charge in [0.15, 0.2) is 11.5 Å². The molecule has 0 radical (unpaired) electrons. The maximum absolute atomic E-state index is 13.4. The van der Waals surface area contributed by atoms with Gasteiger partial charge in [-0.15, -0.1) is 0 Å². The van der Waals surface area contributed by atoms with Gasteiger partial charge in [-0.2, -0.15) is 5.10 Å². The zero-order chi connectivity index (χ0) is 19.1. The minimum absolute atomic E-state index is 0.108. The summed E-state index contributed by atoms with van der Waals surface area (Å²) >= 11 is 6.06. The molecular formula is C17H15ClFN3O4. The number of nitrogens with zero attached hydrogens (tertiary/aromatic N) is 1. The molecule has 2 N–H and O–H groups in total. The number of carbonyl (C=O) groups excluding carboxylic acids is 2. The number of rotatable bonds is 5. The van der Waals surface area contributed by atoms with Crippen LogP contribution in [0.3, 0.4) is 0 Å². The minimum atomic E-state index is -1.06. The van der Waals surface area contributed by atoms with Crippen molar-refractivity contribution in [3.8, 4) is 11.5 Å². The van der Waals surface area contributed by atoms with Crippen molar-refractivity contribution in [1.82, 2.24) is 5.43 Å². The molecule has 2 aromatic carbocycles. The van der Waals surface area contributed by atoms with Crippen molar-refractivity contribution in [3.05, 3.63) is 52.8 Å². The summed E-state index contributed by atoms with van der Waals surface area (Å²) in [4.78, 5) is 23.4. The quantitative estimate of drug-likeness (QED) is 0.474. The Morgan fingerprint density at radius 3 is 2.54 bits per heavy atom. The molecule has 2 aromatic rings. The monoisotopic (exact) mass is 379 g/mol. The molecular weight excluding hydrogens is 365 g/mol. The third-order valence-corrected chi connectivity index (χ3v) is 3.44. The molecule has 2 amide bonds. The Labute approximate surface area is 153 Å². The van der Waals surface area contributed by atoms with E-state index in [2.05, 4.69) is 10.4 Å². The van der Waals surface area contributed by atoms with Crippen LogP contribution in [0.25, 0.3) is 0 Å². The normalized spacial score (nSPS) is 10.5. The molecule has 136 valence electrons. The maximum atomic E-state index is 13.4. The summed E-state index contributed by atoms with van der Waals surface area (Å²) in [7, 11) is 2.90. The van der Waals surface area contributed by atoms with E-state index in [1.165, 1.54) is 44.7 Å². The second kappa shape index (κ2) is 8.82. The average molecular weight is 380 g/mol. The maximum Gasteiger partial charge on any atom is 0.329 e. The van der Waals surface area contributed by atoms with Gasteiger partial charge in [0, 0.05) is 0 Å². The molecule has 9 heteroatoms. The zero-order valence-corrected chi connectivity index (χ0v) is 14.6. The standard InChI is InChI=1S/C17H15ClFN3O4/c1-25-14-8-10(7-11(18)15(14)26-2)9-20-22-17(24)16(23)21-13-6-4-3-5-12(13)19/h3-9H,1-2H3,(H,21,23)(H,22,24)/b20-9-. The summed E-state index contributed by atoms with van der Waals surface area (Å²) in [5.74, 6) is -2.03. The number of ether oxygens (including phenoxy) is 2. The molecule has 0 aliphatic rings. The summed E-state index contributed by atoms with van der Waals surface area (Å²) in [5.41, 5.74) is 2.43. The number of benzene rings is 2. The first-order valence-corrected chi connectivity index (χ1v) is 7.64. The Morgan fingerprint density at radius 1 is 1.15 bits per heavy atom. The molecule has 7 nitrogen and oxygen atoms in total. The van der Waals surface area contributed by atoms with Crippen molar-refractivity contribution >= 4 is 35.3 Å². The molecule has 0 atom stereocenters. The number of hydrazone groups is 1. The molecule has 26 heavy (non-hydrogen) atoms. The van der Waals surface area contributed by atoms with Gasteiger partial charge < -0.3 is 14.8 Å². The van der Waals surface area contributed by atoms with Crippen molar-refractivity contribution in [2.75, 3.05) is 19.5 Å². The van der Waals surface area contributed by atoms with Crippen molar-refractivity contribution in [2.24, 2.45) is 5.10 Å². The molecule has 0 fully saturated rings. The second-order valence-electron chi connectivity index (χ2n) is 4.87.